The molecule has 9 nitrogen and oxygen atoms in total. The van der Waals surface area contributed by atoms with Gasteiger partial charge in [-0.15, -0.1) is 12.4 Å². The fourth-order valence-electron chi connectivity index (χ4n) is 2.78. The first-order valence-corrected chi connectivity index (χ1v) is 11.9. The third-order valence-corrected chi connectivity index (χ3v) is 5.72. The van der Waals surface area contributed by atoms with Crippen LogP contribution in [0.3, 0.4) is 0 Å². The second-order valence-electron chi connectivity index (χ2n) is 7.01. The van der Waals surface area contributed by atoms with Crippen LogP contribution in [-0.2, 0) is 14.8 Å². The maximum absolute atomic E-state index is 12.5. The molecule has 1 aromatic carbocycles. The molecule has 0 radical (unpaired) electrons. The minimum Gasteiger partial charge on any atom is -0.370 e. The molecule has 1 amide bonds. The predicted molar refractivity (Wildman–Crippen MR) is 126 cm³/mol. The number of nitrogens with two attached hydrogens (primary N) is 1. The van der Waals surface area contributed by atoms with Crippen LogP contribution >= 0.6 is 12.4 Å². The number of halogens is 1. The molecule has 0 heterocycles. The van der Waals surface area contributed by atoms with Gasteiger partial charge >= 0.3 is 0 Å². The van der Waals surface area contributed by atoms with Crippen LogP contribution in [0.1, 0.15) is 62.2 Å². The van der Waals surface area contributed by atoms with Crippen molar-refractivity contribution in [3.8, 4) is 0 Å². The molecule has 0 bridgehead atoms. The molecule has 0 unspecified atom stereocenters. The predicted octanol–water partition coefficient (Wildman–Crippen LogP) is 2.38. The van der Waals surface area contributed by atoms with E-state index in [-0.39, 0.29) is 41.9 Å². The second-order valence-corrected chi connectivity index (χ2v) is 8.86. The highest BCUT2D eigenvalue weighted by molar-refractivity contribution is 7.92. The Morgan fingerprint density at radius 2 is 1.58 bits per heavy atom. The van der Waals surface area contributed by atoms with E-state index in [1.165, 1.54) is 12.1 Å². The Kier molecular flexibility index (Phi) is 14.3. The molecular weight excluding hydrogens is 442 g/mol. The van der Waals surface area contributed by atoms with Crippen molar-refractivity contribution >= 4 is 45.8 Å². The van der Waals surface area contributed by atoms with Crippen LogP contribution in [0, 0.1) is 5.41 Å². The number of benzene rings is 1. The SMILES string of the molecule is CCCCCCCCS(=O)(=O)Nc1ccccc1C(=O)C(=O)NCCCNC(=N)N.Cl. The molecule has 11 heteroatoms. The number of hydrogen-bond acceptors (Lipinski definition) is 5. The molecule has 0 saturated carbocycles. The highest BCUT2D eigenvalue weighted by Crippen LogP contribution is 2.18. The van der Waals surface area contributed by atoms with Crippen molar-refractivity contribution in [2.24, 2.45) is 5.73 Å². The number of hydrogen-bond donors (Lipinski definition) is 5. The van der Waals surface area contributed by atoms with Gasteiger partial charge in [-0.25, -0.2) is 8.42 Å². The number of carbonyl (C=O) groups excluding carboxylic acids is 2. The van der Waals surface area contributed by atoms with E-state index in [2.05, 4.69) is 22.3 Å². The molecule has 0 aliphatic rings. The highest BCUT2D eigenvalue weighted by Gasteiger charge is 2.21. The Balaban J connectivity index is 0.00000900. The number of ketones is 1. The molecular formula is C20H34ClN5O4S. The smallest absolute Gasteiger partial charge is 0.292 e. The fraction of sp³-hybridized carbons (Fsp3) is 0.550. The van der Waals surface area contributed by atoms with Crippen molar-refractivity contribution in [2.45, 2.75) is 51.9 Å². The monoisotopic (exact) mass is 475 g/mol. The molecule has 176 valence electrons. The summed E-state index contributed by atoms with van der Waals surface area (Å²) in [5.74, 6) is -1.83. The Morgan fingerprint density at radius 3 is 2.26 bits per heavy atom. The first-order chi connectivity index (χ1) is 14.3. The zero-order valence-electron chi connectivity index (χ0n) is 17.9. The summed E-state index contributed by atoms with van der Waals surface area (Å²) < 4.78 is 27.2. The summed E-state index contributed by atoms with van der Waals surface area (Å²) in [7, 11) is -3.62. The first-order valence-electron chi connectivity index (χ1n) is 10.3. The number of anilines is 1. The third kappa shape index (κ3) is 12.2. The van der Waals surface area contributed by atoms with Crippen molar-refractivity contribution < 1.29 is 18.0 Å². The third-order valence-electron chi connectivity index (χ3n) is 4.36. The van der Waals surface area contributed by atoms with Crippen LogP contribution in [0.25, 0.3) is 0 Å². The van der Waals surface area contributed by atoms with E-state index in [9.17, 15) is 18.0 Å². The maximum Gasteiger partial charge on any atom is 0.292 e. The van der Waals surface area contributed by atoms with Crippen molar-refractivity contribution in [2.75, 3.05) is 23.6 Å². The van der Waals surface area contributed by atoms with E-state index in [1.807, 2.05) is 0 Å². The van der Waals surface area contributed by atoms with Crippen LogP contribution in [0.4, 0.5) is 5.69 Å². The summed E-state index contributed by atoms with van der Waals surface area (Å²) in [6.07, 6.45) is 6.24. The average Bonchev–Trinajstić information content (AvgIpc) is 2.69. The minimum absolute atomic E-state index is 0. The summed E-state index contributed by atoms with van der Waals surface area (Å²) in [6, 6.07) is 6.06. The van der Waals surface area contributed by atoms with Crippen LogP contribution in [0.2, 0.25) is 0 Å². The molecule has 0 aliphatic heterocycles. The molecule has 1 rings (SSSR count). The molecule has 0 spiro atoms. The van der Waals surface area contributed by atoms with Crippen LogP contribution in [0.5, 0.6) is 0 Å². The number of para-hydroxylation sites is 1. The lowest BCUT2D eigenvalue weighted by Gasteiger charge is -2.12. The van der Waals surface area contributed by atoms with E-state index in [1.54, 1.807) is 12.1 Å². The zero-order valence-corrected chi connectivity index (χ0v) is 19.5. The molecule has 0 atom stereocenters. The molecule has 6 N–H and O–H groups in total. The molecule has 0 aliphatic carbocycles. The summed E-state index contributed by atoms with van der Waals surface area (Å²) in [5, 5.41) is 12.1. The fourth-order valence-corrected chi connectivity index (χ4v) is 3.98. The largest absolute Gasteiger partial charge is 0.370 e. The number of guanidine groups is 1. The number of unbranched alkanes of at least 4 members (excludes halogenated alkanes) is 5. The Morgan fingerprint density at radius 1 is 0.968 bits per heavy atom. The van der Waals surface area contributed by atoms with Crippen LogP contribution < -0.4 is 21.1 Å². The van der Waals surface area contributed by atoms with E-state index in [0.717, 1.165) is 32.1 Å². The summed E-state index contributed by atoms with van der Waals surface area (Å²) in [6.45, 7) is 2.73. The maximum atomic E-state index is 12.5. The highest BCUT2D eigenvalue weighted by atomic mass is 35.5. The summed E-state index contributed by atoms with van der Waals surface area (Å²) in [5.41, 5.74) is 5.26. The Labute approximate surface area is 190 Å². The van der Waals surface area contributed by atoms with Crippen LogP contribution in [-0.4, -0.2) is 44.9 Å². The lowest BCUT2D eigenvalue weighted by molar-refractivity contribution is -0.117. The topological polar surface area (TPSA) is 154 Å². The Bertz CT molecular complexity index is 818. The zero-order chi connectivity index (χ0) is 22.4. The quantitative estimate of drug-likeness (QED) is 0.0862. The Hall–Kier alpha value is -2.33. The number of nitrogens with one attached hydrogen (secondary N) is 4. The number of rotatable bonds is 15. The van der Waals surface area contributed by atoms with Gasteiger partial charge in [0.2, 0.25) is 10.0 Å². The first kappa shape index (κ1) is 28.7. The van der Waals surface area contributed by atoms with E-state index < -0.39 is 21.7 Å². The van der Waals surface area contributed by atoms with E-state index in [4.69, 9.17) is 11.1 Å². The van der Waals surface area contributed by atoms with Gasteiger partial charge in [0, 0.05) is 13.1 Å². The van der Waals surface area contributed by atoms with Gasteiger partial charge in [-0.2, -0.15) is 0 Å². The lowest BCUT2D eigenvalue weighted by Crippen LogP contribution is -2.35. The second kappa shape index (κ2) is 15.5. The van der Waals surface area contributed by atoms with Gasteiger partial charge in [-0.1, -0.05) is 51.2 Å². The van der Waals surface area contributed by atoms with Crippen molar-refractivity contribution in [3.63, 3.8) is 0 Å². The molecule has 0 fully saturated rings. The molecule has 0 saturated heterocycles. The van der Waals surface area contributed by atoms with Crippen LogP contribution in [0.15, 0.2) is 24.3 Å². The minimum atomic E-state index is -3.62. The van der Waals surface area contributed by atoms with E-state index in [0.29, 0.717) is 19.4 Å². The number of Topliss-reactive ketones (excluding diaryl/α,β-unsaturated/α-hetero) is 1. The lowest BCUT2D eigenvalue weighted by atomic mass is 10.1. The van der Waals surface area contributed by atoms with Gasteiger partial charge in [0.05, 0.1) is 17.0 Å². The van der Waals surface area contributed by atoms with Gasteiger partial charge < -0.3 is 16.4 Å². The summed E-state index contributed by atoms with van der Waals surface area (Å²) >= 11 is 0. The van der Waals surface area contributed by atoms with Crippen molar-refractivity contribution in [3.05, 3.63) is 29.8 Å². The number of amides is 1. The van der Waals surface area contributed by atoms with Gasteiger partial charge in [0.25, 0.3) is 11.7 Å². The van der Waals surface area contributed by atoms with E-state index >= 15 is 0 Å². The molecule has 1 aromatic rings. The standard InChI is InChI=1S/C20H33N5O4S.ClH/c1-2-3-4-5-6-9-15-30(28,29)25-17-12-8-7-11-16(17)18(26)19(27)23-13-10-14-24-20(21)22;/h7-8,11-12,25H,2-6,9-10,13-15H2,1H3,(H,23,27)(H4,21,22,24);1H. The normalized spacial score (nSPS) is 10.6. The van der Waals surface area contributed by atoms with Crippen molar-refractivity contribution in [1.29, 1.82) is 5.41 Å². The number of sulfonamides is 1. The van der Waals surface area contributed by atoms with Gasteiger partial charge in [0.1, 0.15) is 0 Å². The van der Waals surface area contributed by atoms with Gasteiger partial charge in [0.15, 0.2) is 5.96 Å². The summed E-state index contributed by atoms with van der Waals surface area (Å²) in [4.78, 5) is 24.6. The molecule has 0 aromatic heterocycles. The number of carbonyl (C=O) groups is 2. The average molecular weight is 476 g/mol. The molecule has 31 heavy (non-hydrogen) atoms. The van der Waals surface area contributed by atoms with Gasteiger partial charge in [-0.05, 0) is 25.0 Å². The van der Waals surface area contributed by atoms with Crippen molar-refractivity contribution in [1.82, 2.24) is 10.6 Å². The van der Waals surface area contributed by atoms with Gasteiger partial charge in [-0.3, -0.25) is 19.7 Å².